The fourth-order valence-corrected chi connectivity index (χ4v) is 2.21. The van der Waals surface area contributed by atoms with Crippen LogP contribution in [0.3, 0.4) is 0 Å². The van der Waals surface area contributed by atoms with Crippen LogP contribution >= 0.6 is 15.9 Å². The lowest BCUT2D eigenvalue weighted by atomic mass is 10.0. The van der Waals surface area contributed by atoms with Crippen LogP contribution in [-0.4, -0.2) is 21.7 Å². The topological polar surface area (TPSA) is 85.4 Å². The van der Waals surface area contributed by atoms with E-state index in [1.807, 2.05) is 13.8 Å². The Morgan fingerprint density at radius 1 is 1.59 bits per heavy atom. The number of furan rings is 1. The van der Waals surface area contributed by atoms with Crippen LogP contribution in [0.4, 0.5) is 5.88 Å². The highest BCUT2D eigenvalue weighted by molar-refractivity contribution is 9.09. The summed E-state index contributed by atoms with van der Waals surface area (Å²) in [6.45, 7) is 3.73. The molecule has 0 bridgehead atoms. The van der Waals surface area contributed by atoms with Gasteiger partial charge in [0.15, 0.2) is 5.76 Å². The zero-order chi connectivity index (χ0) is 13.1. The number of carbonyl (C=O) groups is 1. The Morgan fingerprint density at radius 2 is 2.24 bits per heavy atom. The van der Waals surface area contributed by atoms with E-state index < -0.39 is 22.3 Å². The van der Waals surface area contributed by atoms with Crippen molar-refractivity contribution in [2.24, 2.45) is 0 Å². The molecule has 0 radical (unpaired) electrons. The van der Waals surface area contributed by atoms with Gasteiger partial charge in [0.25, 0.3) is 5.91 Å². The average molecular weight is 305 g/mol. The Balaban J connectivity index is 2.73. The van der Waals surface area contributed by atoms with Gasteiger partial charge in [-0.05, 0) is 26.3 Å². The number of amides is 1. The summed E-state index contributed by atoms with van der Waals surface area (Å²) in [5.41, 5.74) is -0.401. The molecule has 0 atom stereocenters. The summed E-state index contributed by atoms with van der Waals surface area (Å²) < 4.78 is 4.81. The molecule has 7 heteroatoms. The van der Waals surface area contributed by atoms with E-state index in [4.69, 9.17) is 4.42 Å². The predicted molar refractivity (Wildman–Crippen MR) is 65.3 cm³/mol. The van der Waals surface area contributed by atoms with Crippen molar-refractivity contribution in [3.8, 4) is 0 Å². The predicted octanol–water partition coefficient (Wildman–Crippen LogP) is 2.48. The van der Waals surface area contributed by atoms with E-state index in [0.717, 1.165) is 17.8 Å². The van der Waals surface area contributed by atoms with E-state index in [1.54, 1.807) is 0 Å². The number of nitrogens with one attached hydrogen (secondary N) is 1. The van der Waals surface area contributed by atoms with Gasteiger partial charge in [0.05, 0.1) is 6.07 Å². The van der Waals surface area contributed by atoms with E-state index in [2.05, 4.69) is 21.2 Å². The fourth-order valence-electron chi connectivity index (χ4n) is 1.22. The molecule has 1 aromatic rings. The first-order valence-electron chi connectivity index (χ1n) is 4.98. The summed E-state index contributed by atoms with van der Waals surface area (Å²) in [5, 5.41) is 13.9. The van der Waals surface area contributed by atoms with Gasteiger partial charge in [0.2, 0.25) is 0 Å². The SMILES string of the molecule is CC(C)(CCBr)NC(=O)c1ccc([N+](=O)[O-])o1. The van der Waals surface area contributed by atoms with Crippen LogP contribution in [0.2, 0.25) is 0 Å². The molecule has 1 amide bonds. The monoisotopic (exact) mass is 304 g/mol. The highest BCUT2D eigenvalue weighted by atomic mass is 79.9. The second-order valence-corrected chi connectivity index (χ2v) is 4.96. The Hall–Kier alpha value is -1.37. The third-order valence-electron chi connectivity index (χ3n) is 2.17. The highest BCUT2D eigenvalue weighted by Gasteiger charge is 2.23. The molecule has 0 saturated carbocycles. The van der Waals surface area contributed by atoms with E-state index in [-0.39, 0.29) is 5.76 Å². The molecule has 1 aromatic heterocycles. The molecule has 0 aromatic carbocycles. The van der Waals surface area contributed by atoms with Gasteiger partial charge in [-0.1, -0.05) is 15.9 Å². The first kappa shape index (κ1) is 13.7. The lowest BCUT2D eigenvalue weighted by Crippen LogP contribution is -2.43. The summed E-state index contributed by atoms with van der Waals surface area (Å²) in [5.74, 6) is -0.947. The van der Waals surface area contributed by atoms with Crippen molar-refractivity contribution in [2.45, 2.75) is 25.8 Å². The summed E-state index contributed by atoms with van der Waals surface area (Å²) in [4.78, 5) is 21.4. The maximum absolute atomic E-state index is 11.7. The van der Waals surface area contributed by atoms with Crippen LogP contribution in [-0.2, 0) is 0 Å². The molecule has 0 unspecified atom stereocenters. The maximum atomic E-state index is 11.7. The molecule has 1 rings (SSSR count). The van der Waals surface area contributed by atoms with E-state index in [9.17, 15) is 14.9 Å². The van der Waals surface area contributed by atoms with Gasteiger partial charge >= 0.3 is 5.88 Å². The normalized spacial score (nSPS) is 11.2. The van der Waals surface area contributed by atoms with Crippen LogP contribution < -0.4 is 5.32 Å². The molecule has 17 heavy (non-hydrogen) atoms. The smallest absolute Gasteiger partial charge is 0.395 e. The molecule has 0 spiro atoms. The van der Waals surface area contributed by atoms with E-state index >= 15 is 0 Å². The number of hydrogen-bond acceptors (Lipinski definition) is 4. The summed E-state index contributed by atoms with van der Waals surface area (Å²) in [6.07, 6.45) is 0.738. The second-order valence-electron chi connectivity index (χ2n) is 4.17. The summed E-state index contributed by atoms with van der Waals surface area (Å²) >= 11 is 3.29. The minimum Gasteiger partial charge on any atom is -0.395 e. The van der Waals surface area contributed by atoms with Crippen LogP contribution in [0.15, 0.2) is 16.5 Å². The van der Waals surface area contributed by atoms with Gasteiger partial charge in [-0.2, -0.15) is 0 Å². The van der Waals surface area contributed by atoms with Crippen molar-refractivity contribution in [1.29, 1.82) is 0 Å². The van der Waals surface area contributed by atoms with Gasteiger partial charge in [0.1, 0.15) is 4.92 Å². The number of halogens is 1. The Labute approximate surface area is 107 Å². The molecule has 0 saturated heterocycles. The molecule has 1 heterocycles. The van der Waals surface area contributed by atoms with Crippen molar-refractivity contribution in [3.05, 3.63) is 28.0 Å². The number of carbonyl (C=O) groups excluding carboxylic acids is 1. The van der Waals surface area contributed by atoms with Gasteiger partial charge < -0.3 is 9.73 Å². The minimum atomic E-state index is -0.680. The molecular formula is C10H13BrN2O4. The third-order valence-corrected chi connectivity index (χ3v) is 2.56. The average Bonchev–Trinajstić information content (AvgIpc) is 2.64. The second kappa shape index (κ2) is 5.31. The van der Waals surface area contributed by atoms with Crippen LogP contribution in [0, 0.1) is 10.1 Å². The van der Waals surface area contributed by atoms with Crippen LogP contribution in [0.25, 0.3) is 0 Å². The number of nitro groups is 1. The van der Waals surface area contributed by atoms with Crippen LogP contribution in [0.5, 0.6) is 0 Å². The van der Waals surface area contributed by atoms with Crippen LogP contribution in [0.1, 0.15) is 30.8 Å². The van der Waals surface area contributed by atoms with Gasteiger partial charge in [-0.15, -0.1) is 0 Å². The molecule has 0 fully saturated rings. The Kier molecular flexibility index (Phi) is 4.28. The number of nitrogens with zero attached hydrogens (tertiary/aromatic N) is 1. The molecule has 0 aliphatic carbocycles. The quantitative estimate of drug-likeness (QED) is 0.514. The number of rotatable bonds is 5. The number of hydrogen-bond donors (Lipinski definition) is 1. The minimum absolute atomic E-state index is 0.0562. The lowest BCUT2D eigenvalue weighted by molar-refractivity contribution is -0.402. The third kappa shape index (κ3) is 3.85. The molecular weight excluding hydrogens is 292 g/mol. The first-order valence-corrected chi connectivity index (χ1v) is 6.10. The molecule has 0 aliphatic rings. The van der Waals surface area contributed by atoms with Gasteiger partial charge in [-0.25, -0.2) is 0 Å². The van der Waals surface area contributed by atoms with E-state index in [0.29, 0.717) is 0 Å². The molecule has 0 aliphatic heterocycles. The Bertz CT molecular complexity index is 428. The van der Waals surface area contributed by atoms with Crippen molar-refractivity contribution in [3.63, 3.8) is 0 Å². The van der Waals surface area contributed by atoms with Crippen molar-refractivity contribution in [2.75, 3.05) is 5.33 Å². The fraction of sp³-hybridized carbons (Fsp3) is 0.500. The highest BCUT2D eigenvalue weighted by Crippen LogP contribution is 2.17. The van der Waals surface area contributed by atoms with Crippen molar-refractivity contribution < 1.29 is 14.1 Å². The first-order chi connectivity index (χ1) is 7.85. The largest absolute Gasteiger partial charge is 0.433 e. The molecule has 94 valence electrons. The van der Waals surface area contributed by atoms with Gasteiger partial charge in [-0.3, -0.25) is 14.9 Å². The van der Waals surface area contributed by atoms with E-state index in [1.165, 1.54) is 6.07 Å². The molecule has 6 nitrogen and oxygen atoms in total. The number of alkyl halides is 1. The summed E-state index contributed by atoms with van der Waals surface area (Å²) in [7, 11) is 0. The standard InChI is InChI=1S/C10H13BrN2O4/c1-10(2,5-6-11)12-9(14)7-3-4-8(17-7)13(15)16/h3-4H,5-6H2,1-2H3,(H,12,14). The summed E-state index contributed by atoms with van der Waals surface area (Å²) in [6, 6.07) is 2.45. The van der Waals surface area contributed by atoms with Crippen molar-refractivity contribution >= 4 is 27.7 Å². The zero-order valence-electron chi connectivity index (χ0n) is 9.53. The molecule has 1 N–H and O–H groups in total. The Morgan fingerprint density at radius 3 is 2.71 bits per heavy atom. The maximum Gasteiger partial charge on any atom is 0.433 e. The lowest BCUT2D eigenvalue weighted by Gasteiger charge is -2.24. The zero-order valence-corrected chi connectivity index (χ0v) is 11.1. The van der Waals surface area contributed by atoms with Crippen molar-refractivity contribution in [1.82, 2.24) is 5.32 Å². The van der Waals surface area contributed by atoms with Gasteiger partial charge in [0, 0.05) is 10.9 Å².